The highest BCUT2D eigenvalue weighted by Crippen LogP contribution is 2.39. The molecule has 0 bridgehead atoms. The molecular formula is C40H33N3O5S2. The summed E-state index contributed by atoms with van der Waals surface area (Å²) < 4.78 is 6.00. The van der Waals surface area contributed by atoms with Gasteiger partial charge in [-0.05, 0) is 102 Å². The van der Waals surface area contributed by atoms with Crippen molar-refractivity contribution in [1.82, 2.24) is 0 Å². The number of thiophene rings is 2. The number of carboxylic acid groups (broad SMARTS) is 2. The van der Waals surface area contributed by atoms with Crippen molar-refractivity contribution in [3.63, 3.8) is 0 Å². The van der Waals surface area contributed by atoms with Crippen LogP contribution in [0.2, 0.25) is 0 Å². The fraction of sp³-hybridized carbons (Fsp3) is 0.150. The molecular weight excluding hydrogens is 667 g/mol. The Balaban J connectivity index is 1.43. The van der Waals surface area contributed by atoms with Crippen molar-refractivity contribution in [1.29, 1.82) is 10.5 Å². The van der Waals surface area contributed by atoms with Gasteiger partial charge in [-0.25, -0.2) is 9.59 Å². The minimum absolute atomic E-state index is 0.314. The molecule has 0 saturated carbocycles. The van der Waals surface area contributed by atoms with E-state index in [9.17, 15) is 19.8 Å². The Labute approximate surface area is 298 Å². The van der Waals surface area contributed by atoms with E-state index in [1.54, 1.807) is 24.3 Å². The van der Waals surface area contributed by atoms with Crippen molar-refractivity contribution in [2.75, 3.05) is 11.5 Å². The molecule has 0 spiro atoms. The van der Waals surface area contributed by atoms with Gasteiger partial charge in [-0.3, -0.25) is 0 Å². The summed E-state index contributed by atoms with van der Waals surface area (Å²) in [6, 6.07) is 35.1. The lowest BCUT2D eigenvalue weighted by Crippen LogP contribution is -2.10. The number of rotatable bonds is 15. The van der Waals surface area contributed by atoms with Crippen molar-refractivity contribution in [2.45, 2.75) is 32.6 Å². The second-order valence-electron chi connectivity index (χ2n) is 11.2. The van der Waals surface area contributed by atoms with Crippen LogP contribution in [0.1, 0.15) is 42.4 Å². The van der Waals surface area contributed by atoms with Crippen LogP contribution in [0, 0.1) is 22.7 Å². The van der Waals surface area contributed by atoms with Gasteiger partial charge in [0.05, 0.1) is 6.61 Å². The minimum Gasteiger partial charge on any atom is -0.494 e. The summed E-state index contributed by atoms with van der Waals surface area (Å²) in [6.07, 6.45) is 7.29. The van der Waals surface area contributed by atoms with E-state index < -0.39 is 11.9 Å². The van der Waals surface area contributed by atoms with Gasteiger partial charge in [-0.1, -0.05) is 50.5 Å². The monoisotopic (exact) mass is 699 g/mol. The van der Waals surface area contributed by atoms with Crippen LogP contribution in [0.4, 0.5) is 17.1 Å². The Morgan fingerprint density at radius 3 is 1.50 bits per heavy atom. The molecule has 2 aromatic heterocycles. The van der Waals surface area contributed by atoms with E-state index in [0.29, 0.717) is 16.4 Å². The molecule has 0 fully saturated rings. The first-order valence-electron chi connectivity index (χ1n) is 15.9. The Hall–Kier alpha value is -5.94. The number of benzene rings is 3. The van der Waals surface area contributed by atoms with Gasteiger partial charge < -0.3 is 19.8 Å². The summed E-state index contributed by atoms with van der Waals surface area (Å²) >= 11 is 2.81. The minimum atomic E-state index is -1.26. The molecule has 10 heteroatoms. The maximum atomic E-state index is 11.3. The molecule has 0 aliphatic rings. The Bertz CT molecular complexity index is 1970. The maximum absolute atomic E-state index is 11.3. The third-order valence-corrected chi connectivity index (χ3v) is 9.87. The zero-order valence-electron chi connectivity index (χ0n) is 27.2. The molecule has 2 heterocycles. The van der Waals surface area contributed by atoms with Crippen LogP contribution in [-0.2, 0) is 9.59 Å². The first-order chi connectivity index (χ1) is 24.3. The van der Waals surface area contributed by atoms with Gasteiger partial charge in [0.15, 0.2) is 0 Å². The first kappa shape index (κ1) is 35.4. The Kier molecular flexibility index (Phi) is 12.0. The zero-order chi connectivity index (χ0) is 35.5. The summed E-state index contributed by atoms with van der Waals surface area (Å²) in [7, 11) is 0. The number of unbranched alkanes of at least 4 members (excludes halogenated alkanes) is 3. The van der Waals surface area contributed by atoms with E-state index in [2.05, 4.69) is 11.8 Å². The summed E-state index contributed by atoms with van der Waals surface area (Å²) in [6.45, 7) is 2.86. The molecule has 0 amide bonds. The smallest absolute Gasteiger partial charge is 0.346 e. The Morgan fingerprint density at radius 1 is 0.660 bits per heavy atom. The maximum Gasteiger partial charge on any atom is 0.346 e. The molecule has 2 N–H and O–H groups in total. The number of carbonyl (C=O) groups is 2. The summed E-state index contributed by atoms with van der Waals surface area (Å²) in [5.41, 5.74) is 4.07. The molecule has 0 aliphatic heterocycles. The molecule has 8 nitrogen and oxygen atoms in total. The molecule has 0 saturated heterocycles. The molecule has 0 atom stereocenters. The van der Waals surface area contributed by atoms with E-state index in [-0.39, 0.29) is 11.1 Å². The average molecular weight is 700 g/mol. The third kappa shape index (κ3) is 8.94. The number of carboxylic acids is 2. The standard InChI is InChI=1S/C40H33N3O5S2/c1-2-3-4-5-22-48-34-16-14-33(15-17-34)43(31-10-6-27(7-11-31)37-20-18-35(49-37)23-29(25-41)39(44)45)32-12-8-28(9-13-32)38-21-19-36(50-38)24-30(26-42)40(46)47/h6-21,23-24H,2-5,22H2,1H3,(H,44,45)(H,46,47)/b29-23+,30-24+. The van der Waals surface area contributed by atoms with E-state index in [1.165, 1.54) is 47.7 Å². The predicted octanol–water partition coefficient (Wildman–Crippen LogP) is 10.6. The highest BCUT2D eigenvalue weighted by atomic mass is 32.1. The van der Waals surface area contributed by atoms with E-state index in [4.69, 9.17) is 15.3 Å². The van der Waals surface area contributed by atoms with Crippen LogP contribution in [0.15, 0.2) is 108 Å². The molecule has 50 heavy (non-hydrogen) atoms. The van der Waals surface area contributed by atoms with E-state index >= 15 is 0 Å². The van der Waals surface area contributed by atoms with E-state index in [0.717, 1.165) is 56.5 Å². The fourth-order valence-electron chi connectivity index (χ4n) is 5.15. The highest BCUT2D eigenvalue weighted by Gasteiger charge is 2.15. The van der Waals surface area contributed by atoms with Crippen LogP contribution < -0.4 is 9.64 Å². The second-order valence-corrected chi connectivity index (χ2v) is 13.4. The van der Waals surface area contributed by atoms with Gasteiger partial charge in [0.25, 0.3) is 0 Å². The molecule has 0 aliphatic carbocycles. The lowest BCUT2D eigenvalue weighted by molar-refractivity contribution is -0.133. The normalized spacial score (nSPS) is 11.4. The molecule has 5 rings (SSSR count). The molecule has 5 aromatic rings. The van der Waals surface area contributed by atoms with Gasteiger partial charge in [-0.2, -0.15) is 10.5 Å². The van der Waals surface area contributed by atoms with Crippen LogP contribution >= 0.6 is 22.7 Å². The highest BCUT2D eigenvalue weighted by molar-refractivity contribution is 7.16. The molecule has 250 valence electrons. The van der Waals surface area contributed by atoms with Crippen molar-refractivity contribution in [3.8, 4) is 38.8 Å². The lowest BCUT2D eigenvalue weighted by Gasteiger charge is -2.26. The zero-order valence-corrected chi connectivity index (χ0v) is 28.8. The first-order valence-corrected chi connectivity index (χ1v) is 17.6. The molecule has 3 aromatic carbocycles. The summed E-state index contributed by atoms with van der Waals surface area (Å²) in [4.78, 5) is 27.9. The number of aliphatic carboxylic acids is 2. The largest absolute Gasteiger partial charge is 0.494 e. The number of anilines is 3. The van der Waals surface area contributed by atoms with Gasteiger partial charge in [0.2, 0.25) is 0 Å². The number of hydrogen-bond donors (Lipinski definition) is 2. The molecule has 0 radical (unpaired) electrons. The van der Waals surface area contributed by atoms with Crippen molar-refractivity contribution in [3.05, 3.63) is 118 Å². The van der Waals surface area contributed by atoms with Crippen molar-refractivity contribution in [2.24, 2.45) is 0 Å². The fourth-order valence-corrected chi connectivity index (χ4v) is 7.06. The quantitative estimate of drug-likeness (QED) is 0.0626. The SMILES string of the molecule is CCCCCCOc1ccc(N(c2ccc(-c3ccc(/C=C(\C#N)C(=O)O)s3)cc2)c2ccc(-c3ccc(/C=C(\C#N)C(=O)O)s3)cc2)cc1. The van der Waals surface area contributed by atoms with Crippen molar-refractivity contribution >= 4 is 63.8 Å². The number of nitrogens with zero attached hydrogens (tertiary/aromatic N) is 3. The molecule has 0 unspecified atom stereocenters. The second kappa shape index (κ2) is 16.9. The summed E-state index contributed by atoms with van der Waals surface area (Å²) in [5.74, 6) is -1.70. The van der Waals surface area contributed by atoms with E-state index in [1.807, 2.05) is 84.9 Å². The van der Waals surface area contributed by atoms with Gasteiger partial charge in [-0.15, -0.1) is 22.7 Å². The Morgan fingerprint density at radius 2 is 1.10 bits per heavy atom. The van der Waals surface area contributed by atoms with Crippen LogP contribution in [0.3, 0.4) is 0 Å². The summed E-state index contributed by atoms with van der Waals surface area (Å²) in [5, 5.41) is 36.7. The van der Waals surface area contributed by atoms with Gasteiger partial charge >= 0.3 is 11.9 Å². The number of hydrogen-bond acceptors (Lipinski definition) is 8. The van der Waals surface area contributed by atoms with Crippen LogP contribution in [0.5, 0.6) is 5.75 Å². The number of nitriles is 2. The van der Waals surface area contributed by atoms with Gasteiger partial charge in [0, 0.05) is 36.6 Å². The van der Waals surface area contributed by atoms with Crippen LogP contribution in [0.25, 0.3) is 33.0 Å². The van der Waals surface area contributed by atoms with Crippen LogP contribution in [-0.4, -0.2) is 28.8 Å². The predicted molar refractivity (Wildman–Crippen MR) is 200 cm³/mol. The van der Waals surface area contributed by atoms with Gasteiger partial charge in [0.1, 0.15) is 29.0 Å². The van der Waals surface area contributed by atoms with Crippen molar-refractivity contribution < 1.29 is 24.5 Å². The lowest BCUT2D eigenvalue weighted by atomic mass is 10.1. The average Bonchev–Trinajstić information content (AvgIpc) is 3.81. The topological polar surface area (TPSA) is 135 Å². The third-order valence-electron chi connectivity index (χ3n) is 7.71. The number of ether oxygens (including phenoxy) is 1.